The van der Waals surface area contributed by atoms with Gasteiger partial charge in [0.05, 0.1) is 13.3 Å². The smallest absolute Gasteiger partial charge is 0.222 e. The van der Waals surface area contributed by atoms with Gasteiger partial charge in [0.15, 0.2) is 11.6 Å². The van der Waals surface area contributed by atoms with Crippen molar-refractivity contribution in [2.75, 3.05) is 24.7 Å². The number of nitrogen functional groups attached to an aromatic ring is 1. The lowest BCUT2D eigenvalue weighted by Gasteiger charge is -2.13. The minimum atomic E-state index is 0.252. The highest BCUT2D eigenvalue weighted by atomic mass is 16.5. The molecule has 1 aromatic rings. The summed E-state index contributed by atoms with van der Waals surface area (Å²) in [7, 11) is 1.59. The maximum absolute atomic E-state index is 5.50. The summed E-state index contributed by atoms with van der Waals surface area (Å²) in [6.07, 6.45) is 2.69. The second-order valence-electron chi connectivity index (χ2n) is 3.54. The maximum atomic E-state index is 5.50. The van der Waals surface area contributed by atoms with Gasteiger partial charge in [-0.2, -0.15) is 4.98 Å². The lowest BCUT2D eigenvalue weighted by Crippen LogP contribution is -2.13. The molecule has 5 nitrogen and oxygen atoms in total. The molecule has 1 aromatic heterocycles. The van der Waals surface area contributed by atoms with Gasteiger partial charge < -0.3 is 15.8 Å². The van der Waals surface area contributed by atoms with Crippen LogP contribution in [0.2, 0.25) is 0 Å². The van der Waals surface area contributed by atoms with E-state index in [0.29, 0.717) is 17.5 Å². The lowest BCUT2D eigenvalue weighted by molar-refractivity contribution is 0.412. The Balaban J connectivity index is 2.69. The summed E-state index contributed by atoms with van der Waals surface area (Å²) in [5.41, 5.74) is 5.50. The zero-order chi connectivity index (χ0) is 11.3. The van der Waals surface area contributed by atoms with E-state index in [4.69, 9.17) is 10.5 Å². The van der Waals surface area contributed by atoms with Gasteiger partial charge in [-0.05, 0) is 5.92 Å². The van der Waals surface area contributed by atoms with Crippen molar-refractivity contribution in [1.82, 2.24) is 9.97 Å². The number of nitrogens with zero attached hydrogens (tertiary/aromatic N) is 2. The Kier molecular flexibility index (Phi) is 4.15. The molecular formula is C10H18N4O. The van der Waals surface area contributed by atoms with E-state index in [1.54, 1.807) is 13.3 Å². The summed E-state index contributed by atoms with van der Waals surface area (Å²) < 4.78 is 5.12. The fourth-order valence-electron chi connectivity index (χ4n) is 1.08. The van der Waals surface area contributed by atoms with Crippen molar-refractivity contribution in [3.8, 4) is 5.75 Å². The number of ether oxygens (including phenoxy) is 1. The number of methoxy groups -OCH3 is 1. The van der Waals surface area contributed by atoms with Gasteiger partial charge in [-0.1, -0.05) is 20.3 Å². The van der Waals surface area contributed by atoms with Crippen LogP contribution >= 0.6 is 0 Å². The normalized spacial score (nSPS) is 12.2. The minimum Gasteiger partial charge on any atom is -0.491 e. The molecule has 0 radical (unpaired) electrons. The highest BCUT2D eigenvalue weighted by Gasteiger charge is 2.06. The van der Waals surface area contributed by atoms with E-state index >= 15 is 0 Å². The number of hydrogen-bond acceptors (Lipinski definition) is 5. The molecule has 5 heteroatoms. The third-order valence-corrected chi connectivity index (χ3v) is 2.31. The van der Waals surface area contributed by atoms with Crippen LogP contribution in [-0.4, -0.2) is 23.6 Å². The third kappa shape index (κ3) is 3.27. The molecule has 0 aliphatic heterocycles. The molecule has 3 N–H and O–H groups in total. The quantitative estimate of drug-likeness (QED) is 0.771. The Morgan fingerprint density at radius 1 is 1.60 bits per heavy atom. The molecular weight excluding hydrogens is 192 g/mol. The van der Waals surface area contributed by atoms with Crippen molar-refractivity contribution in [3.63, 3.8) is 0 Å². The summed E-state index contributed by atoms with van der Waals surface area (Å²) in [5, 5.41) is 3.20. The number of rotatable bonds is 5. The van der Waals surface area contributed by atoms with E-state index in [1.165, 1.54) is 0 Å². The topological polar surface area (TPSA) is 73.1 Å². The first-order valence-corrected chi connectivity index (χ1v) is 5.07. The molecule has 1 rings (SSSR count). The maximum Gasteiger partial charge on any atom is 0.222 e. The number of nitrogens with two attached hydrogens (primary N) is 1. The van der Waals surface area contributed by atoms with Crippen LogP contribution in [0.5, 0.6) is 5.75 Å². The zero-order valence-electron chi connectivity index (χ0n) is 9.45. The van der Waals surface area contributed by atoms with Crippen LogP contribution in [0.4, 0.5) is 11.8 Å². The van der Waals surface area contributed by atoms with Gasteiger partial charge in [0.25, 0.3) is 0 Å². The fourth-order valence-corrected chi connectivity index (χ4v) is 1.08. The molecule has 1 heterocycles. The van der Waals surface area contributed by atoms with E-state index in [9.17, 15) is 0 Å². The Labute approximate surface area is 90.1 Å². The first-order valence-electron chi connectivity index (χ1n) is 5.07. The van der Waals surface area contributed by atoms with Crippen molar-refractivity contribution >= 4 is 11.8 Å². The van der Waals surface area contributed by atoms with Crippen LogP contribution in [-0.2, 0) is 0 Å². The molecule has 0 unspecified atom stereocenters. The molecule has 0 bridgehead atoms. The standard InChI is InChI=1S/C10H18N4O/c1-4-7(2)5-12-9-8(15-3)6-13-10(11)14-9/h6-7H,4-5H2,1-3H3,(H3,11,12,13,14)/t7-/m0/s1. The average molecular weight is 210 g/mol. The van der Waals surface area contributed by atoms with Crippen molar-refractivity contribution in [3.05, 3.63) is 6.20 Å². The first kappa shape index (κ1) is 11.6. The van der Waals surface area contributed by atoms with E-state index < -0.39 is 0 Å². The summed E-state index contributed by atoms with van der Waals surface area (Å²) in [5.74, 6) is 2.12. The molecule has 0 fully saturated rings. The van der Waals surface area contributed by atoms with Crippen LogP contribution < -0.4 is 15.8 Å². The number of hydrogen-bond donors (Lipinski definition) is 2. The largest absolute Gasteiger partial charge is 0.491 e. The van der Waals surface area contributed by atoms with E-state index in [2.05, 4.69) is 29.1 Å². The lowest BCUT2D eigenvalue weighted by atomic mass is 10.1. The van der Waals surface area contributed by atoms with Gasteiger partial charge in [0.2, 0.25) is 5.95 Å². The van der Waals surface area contributed by atoms with Crippen LogP contribution in [0.25, 0.3) is 0 Å². The Morgan fingerprint density at radius 2 is 2.33 bits per heavy atom. The predicted molar refractivity (Wildman–Crippen MR) is 60.9 cm³/mol. The summed E-state index contributed by atoms with van der Waals surface area (Å²) in [6, 6.07) is 0. The minimum absolute atomic E-state index is 0.252. The molecule has 0 aliphatic carbocycles. The van der Waals surface area contributed by atoms with Crippen LogP contribution in [0.3, 0.4) is 0 Å². The van der Waals surface area contributed by atoms with Crippen LogP contribution in [0.1, 0.15) is 20.3 Å². The molecule has 0 amide bonds. The third-order valence-electron chi connectivity index (χ3n) is 2.31. The van der Waals surface area contributed by atoms with Gasteiger partial charge >= 0.3 is 0 Å². The number of anilines is 2. The van der Waals surface area contributed by atoms with Crippen molar-refractivity contribution in [2.24, 2.45) is 5.92 Å². The van der Waals surface area contributed by atoms with Gasteiger partial charge in [-0.3, -0.25) is 0 Å². The second-order valence-corrected chi connectivity index (χ2v) is 3.54. The van der Waals surface area contributed by atoms with Crippen LogP contribution in [0, 0.1) is 5.92 Å². The average Bonchev–Trinajstić information content (AvgIpc) is 2.26. The molecule has 0 aromatic carbocycles. The van der Waals surface area contributed by atoms with Gasteiger partial charge in [0.1, 0.15) is 0 Å². The SMILES string of the molecule is CC[C@H](C)CNc1nc(N)ncc1OC. The van der Waals surface area contributed by atoms with Gasteiger partial charge in [-0.25, -0.2) is 4.98 Å². The van der Waals surface area contributed by atoms with Crippen molar-refractivity contribution in [2.45, 2.75) is 20.3 Å². The molecule has 84 valence electrons. The molecule has 0 saturated carbocycles. The fraction of sp³-hybridized carbons (Fsp3) is 0.600. The van der Waals surface area contributed by atoms with Crippen molar-refractivity contribution < 1.29 is 4.74 Å². The van der Waals surface area contributed by atoms with Gasteiger partial charge in [0, 0.05) is 6.54 Å². The van der Waals surface area contributed by atoms with Crippen molar-refractivity contribution in [1.29, 1.82) is 0 Å². The number of nitrogens with one attached hydrogen (secondary N) is 1. The summed E-state index contributed by atoms with van der Waals surface area (Å²) in [4.78, 5) is 7.94. The Hall–Kier alpha value is -1.52. The van der Waals surface area contributed by atoms with Crippen LogP contribution in [0.15, 0.2) is 6.20 Å². The molecule has 15 heavy (non-hydrogen) atoms. The zero-order valence-corrected chi connectivity index (χ0v) is 9.45. The number of aromatic nitrogens is 2. The highest BCUT2D eigenvalue weighted by Crippen LogP contribution is 2.21. The molecule has 0 aliphatic rings. The monoisotopic (exact) mass is 210 g/mol. The Morgan fingerprint density at radius 3 is 2.93 bits per heavy atom. The predicted octanol–water partition coefficient (Wildman–Crippen LogP) is 1.53. The molecule has 0 spiro atoms. The van der Waals surface area contributed by atoms with E-state index in [0.717, 1.165) is 13.0 Å². The highest BCUT2D eigenvalue weighted by molar-refractivity contribution is 5.51. The van der Waals surface area contributed by atoms with E-state index in [1.807, 2.05) is 0 Å². The van der Waals surface area contributed by atoms with E-state index in [-0.39, 0.29) is 5.95 Å². The summed E-state index contributed by atoms with van der Waals surface area (Å²) >= 11 is 0. The molecule has 0 saturated heterocycles. The second kappa shape index (κ2) is 5.38. The Bertz CT molecular complexity index is 316. The first-order chi connectivity index (χ1) is 7.17. The summed E-state index contributed by atoms with van der Waals surface area (Å²) in [6.45, 7) is 5.17. The van der Waals surface area contributed by atoms with Gasteiger partial charge in [-0.15, -0.1) is 0 Å². The molecule has 1 atom stereocenters.